The molecule has 2 atom stereocenters. The minimum absolute atomic E-state index is 0.227. The van der Waals surface area contributed by atoms with Gasteiger partial charge in [-0.3, -0.25) is 4.90 Å². The summed E-state index contributed by atoms with van der Waals surface area (Å²) >= 11 is 0. The molecule has 1 aliphatic rings. The molecule has 19 heavy (non-hydrogen) atoms. The topological polar surface area (TPSA) is 38.5 Å². The lowest BCUT2D eigenvalue weighted by molar-refractivity contribution is -0.0537. The van der Waals surface area contributed by atoms with Crippen molar-refractivity contribution < 1.29 is 4.74 Å². The van der Waals surface area contributed by atoms with Gasteiger partial charge in [-0.25, -0.2) is 0 Å². The van der Waals surface area contributed by atoms with Gasteiger partial charge in [0.05, 0.1) is 12.7 Å². The lowest BCUT2D eigenvalue weighted by Crippen LogP contribution is -2.50. The molecule has 0 saturated carbocycles. The highest BCUT2D eigenvalue weighted by Crippen LogP contribution is 2.13. The number of hydrogen-bond acceptors (Lipinski definition) is 3. The second-order valence-corrected chi connectivity index (χ2v) is 5.48. The van der Waals surface area contributed by atoms with E-state index >= 15 is 0 Å². The molecule has 3 nitrogen and oxygen atoms in total. The predicted octanol–water partition coefficient (Wildman–Crippen LogP) is 2.06. The van der Waals surface area contributed by atoms with Gasteiger partial charge < -0.3 is 10.5 Å². The van der Waals surface area contributed by atoms with Gasteiger partial charge in [0.25, 0.3) is 0 Å². The van der Waals surface area contributed by atoms with E-state index in [0.29, 0.717) is 12.6 Å². The van der Waals surface area contributed by atoms with Crippen molar-refractivity contribution in [1.29, 1.82) is 0 Å². The molecule has 1 aromatic carbocycles. The smallest absolute Gasteiger partial charge is 0.0824 e. The monoisotopic (exact) mass is 262 g/mol. The molecule has 0 aliphatic carbocycles. The van der Waals surface area contributed by atoms with Crippen LogP contribution in [-0.2, 0) is 11.2 Å². The average molecular weight is 262 g/mol. The lowest BCUT2D eigenvalue weighted by Gasteiger charge is -2.37. The first-order valence-electron chi connectivity index (χ1n) is 7.39. The summed E-state index contributed by atoms with van der Waals surface area (Å²) in [6.07, 6.45) is 3.91. The molecule has 0 aromatic heterocycles. The third-order valence-electron chi connectivity index (χ3n) is 3.90. The number of nitrogens with zero attached hydrogens (tertiary/aromatic N) is 1. The van der Waals surface area contributed by atoms with Crippen LogP contribution in [-0.4, -0.2) is 43.3 Å². The summed E-state index contributed by atoms with van der Waals surface area (Å²) in [6, 6.07) is 11.3. The quantitative estimate of drug-likeness (QED) is 0.798. The highest BCUT2D eigenvalue weighted by atomic mass is 16.5. The zero-order chi connectivity index (χ0) is 13.5. The van der Waals surface area contributed by atoms with Crippen molar-refractivity contribution in [2.45, 2.75) is 38.3 Å². The van der Waals surface area contributed by atoms with Gasteiger partial charge >= 0.3 is 0 Å². The van der Waals surface area contributed by atoms with Crippen molar-refractivity contribution >= 4 is 0 Å². The third kappa shape index (κ3) is 4.60. The summed E-state index contributed by atoms with van der Waals surface area (Å²) in [5.74, 6) is 0. The Labute approximate surface area is 116 Å². The van der Waals surface area contributed by atoms with Crippen molar-refractivity contribution in [2.24, 2.45) is 5.73 Å². The van der Waals surface area contributed by atoms with Gasteiger partial charge in [0.15, 0.2) is 0 Å². The molecule has 2 N–H and O–H groups in total. The first kappa shape index (κ1) is 14.5. The van der Waals surface area contributed by atoms with Crippen LogP contribution in [0.4, 0.5) is 0 Å². The first-order chi connectivity index (χ1) is 9.29. The summed E-state index contributed by atoms with van der Waals surface area (Å²) in [5.41, 5.74) is 7.13. The highest BCUT2D eigenvalue weighted by molar-refractivity contribution is 5.14. The van der Waals surface area contributed by atoms with Crippen molar-refractivity contribution in [1.82, 2.24) is 4.90 Å². The molecular formula is C16H26N2O. The van der Waals surface area contributed by atoms with E-state index in [1.165, 1.54) is 24.8 Å². The molecule has 0 amide bonds. The van der Waals surface area contributed by atoms with Gasteiger partial charge in [0.1, 0.15) is 0 Å². The van der Waals surface area contributed by atoms with E-state index in [2.05, 4.69) is 42.2 Å². The van der Waals surface area contributed by atoms with Gasteiger partial charge in [-0.05, 0) is 38.3 Å². The van der Waals surface area contributed by atoms with E-state index in [-0.39, 0.29) is 6.10 Å². The van der Waals surface area contributed by atoms with Crippen LogP contribution in [0.25, 0.3) is 0 Å². The van der Waals surface area contributed by atoms with E-state index < -0.39 is 0 Å². The highest BCUT2D eigenvalue weighted by Gasteiger charge is 2.24. The molecular weight excluding hydrogens is 236 g/mol. The molecule has 0 radical (unpaired) electrons. The van der Waals surface area contributed by atoms with E-state index in [4.69, 9.17) is 10.5 Å². The van der Waals surface area contributed by atoms with Crippen LogP contribution < -0.4 is 5.73 Å². The Morgan fingerprint density at radius 3 is 2.79 bits per heavy atom. The molecule has 1 aliphatic heterocycles. The number of hydrogen-bond donors (Lipinski definition) is 1. The van der Waals surface area contributed by atoms with Crippen LogP contribution >= 0.6 is 0 Å². The SMILES string of the molecule is CC1COC(CN)CN1CCCCc1ccccc1. The maximum Gasteiger partial charge on any atom is 0.0824 e. The standard InChI is InChI=1S/C16H26N2O/c1-14-13-19-16(11-17)12-18(14)10-6-5-9-15-7-3-2-4-8-15/h2-4,7-8,14,16H,5-6,9-13,17H2,1H3. The number of aryl methyl sites for hydroxylation is 1. The minimum atomic E-state index is 0.227. The molecule has 2 unspecified atom stereocenters. The van der Waals surface area contributed by atoms with Gasteiger partial charge in [-0.1, -0.05) is 30.3 Å². The van der Waals surface area contributed by atoms with Crippen LogP contribution in [0.5, 0.6) is 0 Å². The number of morpholine rings is 1. The lowest BCUT2D eigenvalue weighted by atomic mass is 10.1. The van der Waals surface area contributed by atoms with Gasteiger partial charge in [-0.2, -0.15) is 0 Å². The molecule has 3 heteroatoms. The van der Waals surface area contributed by atoms with E-state index in [1.807, 2.05) is 0 Å². The molecule has 1 aromatic rings. The number of ether oxygens (including phenoxy) is 1. The third-order valence-corrected chi connectivity index (χ3v) is 3.90. The molecule has 1 saturated heterocycles. The minimum Gasteiger partial charge on any atom is -0.374 e. The van der Waals surface area contributed by atoms with Gasteiger partial charge in [0.2, 0.25) is 0 Å². The first-order valence-corrected chi connectivity index (χ1v) is 7.39. The van der Waals surface area contributed by atoms with E-state index in [1.54, 1.807) is 0 Å². The predicted molar refractivity (Wildman–Crippen MR) is 79.2 cm³/mol. The molecule has 2 rings (SSSR count). The molecule has 0 spiro atoms. The Morgan fingerprint density at radius 2 is 2.05 bits per heavy atom. The van der Waals surface area contributed by atoms with Crippen LogP contribution in [0.15, 0.2) is 30.3 Å². The molecule has 1 heterocycles. The normalized spacial score (nSPS) is 24.5. The fraction of sp³-hybridized carbons (Fsp3) is 0.625. The van der Waals surface area contributed by atoms with Crippen molar-refractivity contribution in [2.75, 3.05) is 26.2 Å². The zero-order valence-corrected chi connectivity index (χ0v) is 11.9. The number of nitrogens with two attached hydrogens (primary N) is 1. The molecule has 106 valence electrons. The Balaban J connectivity index is 1.67. The summed E-state index contributed by atoms with van der Waals surface area (Å²) in [6.45, 7) is 5.84. The van der Waals surface area contributed by atoms with Crippen LogP contribution in [0.3, 0.4) is 0 Å². The van der Waals surface area contributed by atoms with Crippen molar-refractivity contribution in [3.8, 4) is 0 Å². The summed E-state index contributed by atoms with van der Waals surface area (Å²) in [7, 11) is 0. The maximum atomic E-state index is 5.69. The van der Waals surface area contributed by atoms with Gasteiger partial charge in [-0.15, -0.1) is 0 Å². The summed E-state index contributed by atoms with van der Waals surface area (Å²) in [4.78, 5) is 2.52. The Kier molecular flexibility index (Phi) is 5.83. The second-order valence-electron chi connectivity index (χ2n) is 5.48. The number of benzene rings is 1. The Hall–Kier alpha value is -0.900. The molecule has 0 bridgehead atoms. The van der Waals surface area contributed by atoms with Gasteiger partial charge in [0, 0.05) is 19.1 Å². The molecule has 1 fully saturated rings. The van der Waals surface area contributed by atoms with E-state index in [9.17, 15) is 0 Å². The van der Waals surface area contributed by atoms with Crippen LogP contribution in [0, 0.1) is 0 Å². The van der Waals surface area contributed by atoms with Crippen molar-refractivity contribution in [3.63, 3.8) is 0 Å². The van der Waals surface area contributed by atoms with Crippen molar-refractivity contribution in [3.05, 3.63) is 35.9 Å². The average Bonchev–Trinajstić information content (AvgIpc) is 2.46. The number of unbranched alkanes of at least 4 members (excludes halogenated alkanes) is 1. The Bertz CT molecular complexity index is 355. The fourth-order valence-electron chi connectivity index (χ4n) is 2.62. The fourth-order valence-corrected chi connectivity index (χ4v) is 2.62. The maximum absolute atomic E-state index is 5.69. The number of rotatable bonds is 6. The van der Waals surface area contributed by atoms with Crippen LogP contribution in [0.1, 0.15) is 25.3 Å². The zero-order valence-electron chi connectivity index (χ0n) is 11.9. The second kappa shape index (κ2) is 7.63. The van der Waals surface area contributed by atoms with Crippen LogP contribution in [0.2, 0.25) is 0 Å². The van der Waals surface area contributed by atoms with E-state index in [0.717, 1.165) is 19.7 Å². The largest absolute Gasteiger partial charge is 0.374 e. The Morgan fingerprint density at radius 1 is 1.26 bits per heavy atom. The summed E-state index contributed by atoms with van der Waals surface area (Å²) in [5, 5.41) is 0. The summed E-state index contributed by atoms with van der Waals surface area (Å²) < 4.78 is 5.68.